The molecule has 0 aliphatic heterocycles. The van der Waals surface area contributed by atoms with Gasteiger partial charge in [0.1, 0.15) is 5.82 Å². The van der Waals surface area contributed by atoms with Crippen LogP contribution < -0.4 is 0 Å². The first-order valence-corrected chi connectivity index (χ1v) is 4.89. The van der Waals surface area contributed by atoms with Crippen LogP contribution in [0.4, 0.5) is 4.39 Å². The van der Waals surface area contributed by atoms with E-state index in [0.29, 0.717) is 16.9 Å². The fourth-order valence-electron chi connectivity index (χ4n) is 1.61. The smallest absolute Gasteiger partial charge is 0.229 e. The Kier molecular flexibility index (Phi) is 2.01. The third kappa shape index (κ3) is 1.59. The third-order valence-corrected chi connectivity index (χ3v) is 2.35. The summed E-state index contributed by atoms with van der Waals surface area (Å²) in [7, 11) is 0. The lowest BCUT2D eigenvalue weighted by molar-refractivity contribution is 0.442. The molecule has 1 N–H and O–H groups in total. The first kappa shape index (κ1) is 9.71. The van der Waals surface area contributed by atoms with Gasteiger partial charge in [0.15, 0.2) is 5.65 Å². The first-order valence-electron chi connectivity index (χ1n) is 4.89. The average molecular weight is 230 g/mol. The largest absolute Gasteiger partial charge is 0.492 e. The summed E-state index contributed by atoms with van der Waals surface area (Å²) in [4.78, 5) is 7.87. The Balaban J connectivity index is 2.27. The number of imidazole rings is 1. The zero-order valence-corrected chi connectivity index (χ0v) is 8.58. The van der Waals surface area contributed by atoms with Crippen molar-refractivity contribution in [3.8, 4) is 17.1 Å². The normalized spacial score (nSPS) is 10.9. The quantitative estimate of drug-likeness (QED) is 0.690. The lowest BCUT2D eigenvalue weighted by atomic mass is 10.2. The maximum absolute atomic E-state index is 13.1. The Morgan fingerprint density at radius 3 is 2.88 bits per heavy atom. The predicted molar refractivity (Wildman–Crippen MR) is 57.8 cm³/mol. The van der Waals surface area contributed by atoms with Crippen LogP contribution in [0.2, 0.25) is 0 Å². The second kappa shape index (κ2) is 3.51. The Hall–Kier alpha value is -2.50. The Labute approximate surface area is 95.2 Å². The van der Waals surface area contributed by atoms with Crippen molar-refractivity contribution < 1.29 is 9.50 Å². The molecule has 84 valence electrons. The summed E-state index contributed by atoms with van der Waals surface area (Å²) in [6, 6.07) is 4.40. The Morgan fingerprint density at radius 2 is 2.06 bits per heavy atom. The highest BCUT2D eigenvalue weighted by Gasteiger charge is 2.08. The van der Waals surface area contributed by atoms with Crippen molar-refractivity contribution in [2.45, 2.75) is 0 Å². The molecule has 0 aliphatic rings. The summed E-state index contributed by atoms with van der Waals surface area (Å²) in [6.07, 6.45) is 4.19. The standard InChI is InChI=1S/C11H7FN4O/c12-8-3-7(4-13-5-8)9-6-14-10-1-2-11(17)15-16(9)10/h1-6H,(H,15,17). The van der Waals surface area contributed by atoms with Gasteiger partial charge in [0.2, 0.25) is 5.88 Å². The molecule has 5 nitrogen and oxygen atoms in total. The second-order valence-corrected chi connectivity index (χ2v) is 3.50. The van der Waals surface area contributed by atoms with E-state index in [0.717, 1.165) is 6.20 Å². The van der Waals surface area contributed by atoms with Crippen LogP contribution in [0.1, 0.15) is 0 Å². The maximum atomic E-state index is 13.1. The van der Waals surface area contributed by atoms with E-state index in [4.69, 9.17) is 0 Å². The lowest BCUT2D eigenvalue weighted by Gasteiger charge is -2.00. The molecule has 0 saturated heterocycles. The summed E-state index contributed by atoms with van der Waals surface area (Å²) in [5, 5.41) is 13.2. The molecule has 0 atom stereocenters. The van der Waals surface area contributed by atoms with Crippen LogP contribution in [0.3, 0.4) is 0 Å². The van der Waals surface area contributed by atoms with E-state index >= 15 is 0 Å². The van der Waals surface area contributed by atoms with E-state index in [9.17, 15) is 9.50 Å². The Morgan fingerprint density at radius 1 is 1.18 bits per heavy atom. The van der Waals surface area contributed by atoms with E-state index in [1.54, 1.807) is 12.3 Å². The molecule has 0 unspecified atom stereocenters. The number of aromatic hydroxyl groups is 1. The molecule has 0 radical (unpaired) electrons. The molecule has 3 aromatic heterocycles. The van der Waals surface area contributed by atoms with Crippen LogP contribution in [-0.4, -0.2) is 24.7 Å². The maximum Gasteiger partial charge on any atom is 0.229 e. The molecule has 3 heterocycles. The summed E-state index contributed by atoms with van der Waals surface area (Å²) < 4.78 is 14.5. The van der Waals surface area contributed by atoms with E-state index in [1.807, 2.05) is 0 Å². The number of fused-ring (bicyclic) bond motifs is 1. The number of hydrogen-bond acceptors (Lipinski definition) is 4. The van der Waals surface area contributed by atoms with Gasteiger partial charge in [-0.05, 0) is 12.1 Å². The fraction of sp³-hybridized carbons (Fsp3) is 0. The van der Waals surface area contributed by atoms with E-state index < -0.39 is 5.82 Å². The van der Waals surface area contributed by atoms with Crippen LogP contribution in [0, 0.1) is 5.82 Å². The lowest BCUT2D eigenvalue weighted by Crippen LogP contribution is -1.94. The van der Waals surface area contributed by atoms with Crippen LogP contribution >= 0.6 is 0 Å². The summed E-state index contributed by atoms with van der Waals surface area (Å²) in [5.74, 6) is -0.557. The molecule has 0 fully saturated rings. The van der Waals surface area contributed by atoms with Crippen LogP contribution in [-0.2, 0) is 0 Å². The Bertz CT molecular complexity index is 695. The molecule has 0 bridgehead atoms. The zero-order chi connectivity index (χ0) is 11.8. The van der Waals surface area contributed by atoms with Gasteiger partial charge in [-0.15, -0.1) is 5.10 Å². The van der Waals surface area contributed by atoms with Crippen molar-refractivity contribution in [1.29, 1.82) is 0 Å². The van der Waals surface area contributed by atoms with Gasteiger partial charge in [0.05, 0.1) is 18.1 Å². The molecule has 0 aliphatic carbocycles. The number of pyridine rings is 1. The number of rotatable bonds is 1. The zero-order valence-electron chi connectivity index (χ0n) is 8.58. The highest BCUT2D eigenvalue weighted by molar-refractivity contribution is 5.62. The van der Waals surface area contributed by atoms with Crippen molar-refractivity contribution in [1.82, 2.24) is 19.6 Å². The molecular formula is C11H7FN4O. The molecular weight excluding hydrogens is 223 g/mol. The third-order valence-electron chi connectivity index (χ3n) is 2.35. The van der Waals surface area contributed by atoms with Gasteiger partial charge in [-0.3, -0.25) is 4.98 Å². The molecule has 0 aromatic carbocycles. The molecule has 3 aromatic rings. The minimum absolute atomic E-state index is 0.124. The highest BCUT2D eigenvalue weighted by atomic mass is 19.1. The molecule has 0 saturated carbocycles. The van der Waals surface area contributed by atoms with E-state index in [1.165, 1.54) is 22.8 Å². The van der Waals surface area contributed by atoms with Gasteiger partial charge >= 0.3 is 0 Å². The molecule has 17 heavy (non-hydrogen) atoms. The monoisotopic (exact) mass is 230 g/mol. The number of nitrogens with zero attached hydrogens (tertiary/aromatic N) is 4. The van der Waals surface area contributed by atoms with Gasteiger partial charge in [-0.25, -0.2) is 13.9 Å². The van der Waals surface area contributed by atoms with Gasteiger partial charge in [0, 0.05) is 17.8 Å². The number of hydrogen-bond donors (Lipinski definition) is 1. The van der Waals surface area contributed by atoms with E-state index in [-0.39, 0.29) is 5.88 Å². The summed E-state index contributed by atoms with van der Waals surface area (Å²) in [6.45, 7) is 0. The second-order valence-electron chi connectivity index (χ2n) is 3.50. The van der Waals surface area contributed by atoms with Crippen molar-refractivity contribution in [3.63, 3.8) is 0 Å². The average Bonchev–Trinajstić information content (AvgIpc) is 2.71. The highest BCUT2D eigenvalue weighted by Crippen LogP contribution is 2.20. The van der Waals surface area contributed by atoms with Gasteiger partial charge < -0.3 is 5.11 Å². The van der Waals surface area contributed by atoms with Crippen molar-refractivity contribution >= 4 is 5.65 Å². The molecule has 6 heteroatoms. The van der Waals surface area contributed by atoms with E-state index in [2.05, 4.69) is 15.1 Å². The van der Waals surface area contributed by atoms with Crippen molar-refractivity contribution in [3.05, 3.63) is 42.6 Å². The molecule has 0 spiro atoms. The summed E-state index contributed by atoms with van der Waals surface area (Å²) >= 11 is 0. The predicted octanol–water partition coefficient (Wildman–Crippen LogP) is 1.64. The van der Waals surface area contributed by atoms with Gasteiger partial charge in [-0.1, -0.05) is 0 Å². The first-order chi connectivity index (χ1) is 8.24. The van der Waals surface area contributed by atoms with Crippen LogP contribution in [0.5, 0.6) is 5.88 Å². The summed E-state index contributed by atoms with van der Waals surface area (Å²) in [5.41, 5.74) is 1.69. The SMILES string of the molecule is Oc1ccc2ncc(-c3cncc(F)c3)n2n1. The fourth-order valence-corrected chi connectivity index (χ4v) is 1.61. The van der Waals surface area contributed by atoms with Gasteiger partial charge in [-0.2, -0.15) is 0 Å². The van der Waals surface area contributed by atoms with Crippen molar-refractivity contribution in [2.24, 2.45) is 0 Å². The van der Waals surface area contributed by atoms with Crippen molar-refractivity contribution in [2.75, 3.05) is 0 Å². The van der Waals surface area contributed by atoms with Crippen LogP contribution in [0.15, 0.2) is 36.8 Å². The minimum Gasteiger partial charge on any atom is -0.492 e. The number of halogens is 1. The number of aromatic nitrogens is 4. The molecule has 0 amide bonds. The van der Waals surface area contributed by atoms with Crippen LogP contribution in [0.25, 0.3) is 16.9 Å². The molecule has 3 rings (SSSR count). The topological polar surface area (TPSA) is 63.3 Å². The van der Waals surface area contributed by atoms with Gasteiger partial charge in [0.25, 0.3) is 0 Å². The minimum atomic E-state index is -0.433.